The summed E-state index contributed by atoms with van der Waals surface area (Å²) in [5.74, 6) is -0.675. The van der Waals surface area contributed by atoms with Gasteiger partial charge in [0.1, 0.15) is 0 Å². The maximum atomic E-state index is 12.3. The lowest BCUT2D eigenvalue weighted by atomic mass is 10.0. The molecule has 0 amide bonds. The van der Waals surface area contributed by atoms with Crippen LogP contribution in [0.4, 0.5) is 0 Å². The van der Waals surface area contributed by atoms with Gasteiger partial charge in [0.25, 0.3) is 0 Å². The van der Waals surface area contributed by atoms with Crippen molar-refractivity contribution in [1.82, 2.24) is 0 Å². The zero-order valence-corrected chi connectivity index (χ0v) is 14.7. The van der Waals surface area contributed by atoms with Crippen molar-refractivity contribution in [3.8, 4) is 0 Å². The summed E-state index contributed by atoms with van der Waals surface area (Å²) in [6, 6.07) is 14.5. The lowest BCUT2D eigenvalue weighted by Crippen LogP contribution is -2.24. The molecule has 0 spiro atoms. The van der Waals surface area contributed by atoms with E-state index in [2.05, 4.69) is 29.5 Å². The summed E-state index contributed by atoms with van der Waals surface area (Å²) < 4.78 is 6.22. The molecular formula is C18H17IO3. The molecule has 2 rings (SSSR count). The van der Waals surface area contributed by atoms with Gasteiger partial charge in [-0.25, -0.2) is 4.79 Å². The Bertz CT molecular complexity index is 677. The molecule has 0 aliphatic carbocycles. The smallest absolute Gasteiger partial charge is 0.338 e. The van der Waals surface area contributed by atoms with Gasteiger partial charge in [-0.1, -0.05) is 37.3 Å². The Labute approximate surface area is 143 Å². The Balaban J connectivity index is 2.05. The van der Waals surface area contributed by atoms with Crippen molar-refractivity contribution in [3.05, 3.63) is 68.8 Å². The quantitative estimate of drug-likeness (QED) is 0.422. The molecule has 0 aromatic heterocycles. The van der Waals surface area contributed by atoms with E-state index in [0.717, 1.165) is 9.99 Å². The van der Waals surface area contributed by atoms with Gasteiger partial charge in [-0.2, -0.15) is 0 Å². The maximum absolute atomic E-state index is 12.3. The number of hydrogen-bond donors (Lipinski definition) is 0. The van der Waals surface area contributed by atoms with Gasteiger partial charge < -0.3 is 4.74 Å². The van der Waals surface area contributed by atoms with Gasteiger partial charge in [-0.3, -0.25) is 4.79 Å². The first-order chi connectivity index (χ1) is 10.5. The molecule has 0 saturated heterocycles. The first-order valence-electron chi connectivity index (χ1n) is 7.11. The second kappa shape index (κ2) is 7.54. The molecule has 0 N–H and O–H groups in total. The van der Waals surface area contributed by atoms with Gasteiger partial charge >= 0.3 is 5.97 Å². The number of benzene rings is 2. The van der Waals surface area contributed by atoms with E-state index in [1.165, 1.54) is 5.56 Å². The monoisotopic (exact) mass is 408 g/mol. The van der Waals surface area contributed by atoms with Crippen LogP contribution in [0.1, 0.15) is 40.1 Å². The van der Waals surface area contributed by atoms with Crippen LogP contribution < -0.4 is 0 Å². The minimum absolute atomic E-state index is 0.193. The summed E-state index contributed by atoms with van der Waals surface area (Å²) in [5, 5.41) is 0. The van der Waals surface area contributed by atoms with E-state index in [-0.39, 0.29) is 5.78 Å². The summed E-state index contributed by atoms with van der Waals surface area (Å²) >= 11 is 2.13. The van der Waals surface area contributed by atoms with Gasteiger partial charge in [0.15, 0.2) is 6.10 Å². The van der Waals surface area contributed by atoms with Crippen molar-refractivity contribution in [2.45, 2.75) is 26.4 Å². The second-order valence-electron chi connectivity index (χ2n) is 4.97. The number of rotatable bonds is 5. The SMILES string of the molecule is CCc1ccc(C(=O)[C@H](C)OC(=O)c2cccc(I)c2)cc1. The second-order valence-corrected chi connectivity index (χ2v) is 6.22. The van der Waals surface area contributed by atoms with Crippen LogP contribution in [-0.2, 0) is 11.2 Å². The fraction of sp³-hybridized carbons (Fsp3) is 0.222. The van der Waals surface area contributed by atoms with Crippen molar-refractivity contribution in [2.75, 3.05) is 0 Å². The number of esters is 1. The van der Waals surface area contributed by atoms with Crippen LogP contribution in [0.25, 0.3) is 0 Å². The molecule has 0 aliphatic rings. The number of hydrogen-bond acceptors (Lipinski definition) is 3. The largest absolute Gasteiger partial charge is 0.451 e. The number of halogens is 1. The van der Waals surface area contributed by atoms with Gasteiger partial charge in [0.05, 0.1) is 5.56 Å². The topological polar surface area (TPSA) is 43.4 Å². The third-order valence-corrected chi connectivity index (χ3v) is 4.03. The van der Waals surface area contributed by atoms with Crippen LogP contribution in [0.5, 0.6) is 0 Å². The van der Waals surface area contributed by atoms with Gasteiger partial charge in [0, 0.05) is 9.13 Å². The molecule has 0 heterocycles. The predicted molar refractivity (Wildman–Crippen MR) is 94.2 cm³/mol. The Morgan fingerprint density at radius 1 is 1.09 bits per heavy atom. The zero-order valence-electron chi connectivity index (χ0n) is 12.5. The lowest BCUT2D eigenvalue weighted by Gasteiger charge is -2.12. The van der Waals surface area contributed by atoms with Crippen LogP contribution in [0.2, 0.25) is 0 Å². The first-order valence-corrected chi connectivity index (χ1v) is 8.19. The Hall–Kier alpha value is -1.69. The normalized spacial score (nSPS) is 11.8. The van der Waals surface area contributed by atoms with E-state index in [1.807, 2.05) is 18.2 Å². The average Bonchev–Trinajstić information content (AvgIpc) is 2.54. The molecule has 0 radical (unpaired) electrons. The zero-order chi connectivity index (χ0) is 16.1. The summed E-state index contributed by atoms with van der Waals surface area (Å²) in [4.78, 5) is 24.4. The van der Waals surface area contributed by atoms with Gasteiger partial charge in [-0.15, -0.1) is 0 Å². The number of ether oxygens (including phenoxy) is 1. The highest BCUT2D eigenvalue weighted by Gasteiger charge is 2.20. The number of carbonyl (C=O) groups is 2. The van der Waals surface area contributed by atoms with Crippen LogP contribution in [-0.4, -0.2) is 17.9 Å². The number of Topliss-reactive ketones (excluding diaryl/α,β-unsaturated/α-hetero) is 1. The Morgan fingerprint density at radius 3 is 2.36 bits per heavy atom. The number of ketones is 1. The molecule has 0 bridgehead atoms. The van der Waals surface area contributed by atoms with E-state index in [4.69, 9.17) is 4.74 Å². The van der Waals surface area contributed by atoms with Crippen LogP contribution in [0, 0.1) is 3.57 Å². The minimum atomic E-state index is -0.808. The summed E-state index contributed by atoms with van der Waals surface area (Å²) in [5.41, 5.74) is 2.17. The van der Waals surface area contributed by atoms with E-state index in [0.29, 0.717) is 11.1 Å². The van der Waals surface area contributed by atoms with E-state index < -0.39 is 12.1 Å². The minimum Gasteiger partial charge on any atom is -0.451 e. The number of aryl methyl sites for hydroxylation is 1. The lowest BCUT2D eigenvalue weighted by molar-refractivity contribution is 0.0318. The molecule has 2 aromatic rings. The molecule has 2 aromatic carbocycles. The highest BCUT2D eigenvalue weighted by Crippen LogP contribution is 2.13. The molecule has 0 aliphatic heterocycles. The van der Waals surface area contributed by atoms with Crippen molar-refractivity contribution in [3.63, 3.8) is 0 Å². The van der Waals surface area contributed by atoms with Crippen LogP contribution in [0.3, 0.4) is 0 Å². The molecule has 0 unspecified atom stereocenters. The molecule has 0 saturated carbocycles. The third-order valence-electron chi connectivity index (χ3n) is 3.36. The van der Waals surface area contributed by atoms with Crippen molar-refractivity contribution < 1.29 is 14.3 Å². The number of carbonyl (C=O) groups excluding carboxylic acids is 2. The van der Waals surface area contributed by atoms with Gasteiger partial charge in [0.2, 0.25) is 5.78 Å². The van der Waals surface area contributed by atoms with Crippen molar-refractivity contribution in [1.29, 1.82) is 0 Å². The predicted octanol–water partition coefficient (Wildman–Crippen LogP) is 4.28. The maximum Gasteiger partial charge on any atom is 0.338 e. The molecule has 1 atom stereocenters. The summed E-state index contributed by atoms with van der Waals surface area (Å²) in [7, 11) is 0. The van der Waals surface area contributed by atoms with Crippen LogP contribution in [0.15, 0.2) is 48.5 Å². The van der Waals surface area contributed by atoms with Crippen molar-refractivity contribution >= 4 is 34.3 Å². The van der Waals surface area contributed by atoms with E-state index in [1.54, 1.807) is 37.3 Å². The summed E-state index contributed by atoms with van der Waals surface area (Å²) in [6.45, 7) is 3.66. The van der Waals surface area contributed by atoms with E-state index in [9.17, 15) is 9.59 Å². The molecule has 114 valence electrons. The molecule has 22 heavy (non-hydrogen) atoms. The highest BCUT2D eigenvalue weighted by molar-refractivity contribution is 14.1. The third kappa shape index (κ3) is 4.16. The van der Waals surface area contributed by atoms with Gasteiger partial charge in [-0.05, 0) is 59.7 Å². The Morgan fingerprint density at radius 2 is 1.77 bits per heavy atom. The van der Waals surface area contributed by atoms with E-state index >= 15 is 0 Å². The molecule has 3 nitrogen and oxygen atoms in total. The van der Waals surface area contributed by atoms with Crippen molar-refractivity contribution in [2.24, 2.45) is 0 Å². The Kier molecular flexibility index (Phi) is 5.71. The first kappa shape index (κ1) is 16.7. The average molecular weight is 408 g/mol. The molecule has 4 heteroatoms. The fourth-order valence-electron chi connectivity index (χ4n) is 2.04. The van der Waals surface area contributed by atoms with Crippen LogP contribution >= 0.6 is 22.6 Å². The summed E-state index contributed by atoms with van der Waals surface area (Å²) in [6.07, 6.45) is 0.115. The fourth-order valence-corrected chi connectivity index (χ4v) is 2.58. The standard InChI is InChI=1S/C18H17IO3/c1-3-13-7-9-14(10-8-13)17(20)12(2)22-18(21)15-5-4-6-16(19)11-15/h4-12H,3H2,1-2H3/t12-/m0/s1. The molecule has 0 fully saturated rings. The molecular weight excluding hydrogens is 391 g/mol. The highest BCUT2D eigenvalue weighted by atomic mass is 127.